The van der Waals surface area contributed by atoms with Gasteiger partial charge in [-0.3, -0.25) is 0 Å². The number of aryl methyl sites for hydroxylation is 1. The second-order valence-electron chi connectivity index (χ2n) is 7.31. The highest BCUT2D eigenvalue weighted by Crippen LogP contribution is 2.36. The maximum atomic E-state index is 13.8. The third-order valence-corrected chi connectivity index (χ3v) is 3.79. The van der Waals surface area contributed by atoms with Gasteiger partial charge in [0.1, 0.15) is 5.82 Å². The normalized spacial score (nSPS) is 22.2. The van der Waals surface area contributed by atoms with E-state index in [0.29, 0.717) is 24.2 Å². The van der Waals surface area contributed by atoms with E-state index >= 15 is 0 Å². The number of hydrogen-bond acceptors (Lipinski definition) is 3. The number of hydrogen-bond donors (Lipinski definition) is 1. The van der Waals surface area contributed by atoms with Gasteiger partial charge in [-0.25, -0.2) is 4.39 Å². The van der Waals surface area contributed by atoms with Crippen LogP contribution in [0.15, 0.2) is 12.1 Å². The van der Waals surface area contributed by atoms with Gasteiger partial charge in [0.2, 0.25) is 0 Å². The summed E-state index contributed by atoms with van der Waals surface area (Å²) in [6.07, 6.45) is -0.704. The van der Waals surface area contributed by atoms with Crippen molar-refractivity contribution in [3.8, 4) is 0 Å². The zero-order valence-corrected chi connectivity index (χ0v) is 13.8. The molecule has 1 saturated heterocycles. The Labute approximate surface area is 126 Å². The van der Waals surface area contributed by atoms with Gasteiger partial charge in [-0.05, 0) is 59.2 Å². The number of benzene rings is 1. The van der Waals surface area contributed by atoms with Crippen LogP contribution in [0.3, 0.4) is 0 Å². The molecular weight excluding hydrogens is 269 g/mol. The number of ether oxygens (including phenoxy) is 1. The average Bonchev–Trinajstić information content (AvgIpc) is 2.27. The fraction of sp³-hybridized carbons (Fsp3) is 0.647. The molecule has 4 heteroatoms. The van der Waals surface area contributed by atoms with E-state index in [2.05, 4.69) is 32.6 Å². The van der Waals surface area contributed by atoms with Crippen molar-refractivity contribution < 1.29 is 14.2 Å². The Kier molecular flexibility index (Phi) is 4.06. The molecule has 1 unspecified atom stereocenters. The van der Waals surface area contributed by atoms with Gasteiger partial charge in [0.25, 0.3) is 0 Å². The number of rotatable bonds is 2. The minimum absolute atomic E-state index is 0.276. The van der Waals surface area contributed by atoms with Crippen LogP contribution >= 0.6 is 0 Å². The number of nitrogens with zero attached hydrogens (tertiary/aromatic N) is 1. The first-order valence-electron chi connectivity index (χ1n) is 7.44. The van der Waals surface area contributed by atoms with Crippen molar-refractivity contribution in [2.45, 2.75) is 58.8 Å². The van der Waals surface area contributed by atoms with Crippen molar-refractivity contribution in [1.82, 2.24) is 0 Å². The molecule has 1 aliphatic heterocycles. The predicted molar refractivity (Wildman–Crippen MR) is 83.2 cm³/mol. The lowest BCUT2D eigenvalue weighted by atomic mass is 9.96. The summed E-state index contributed by atoms with van der Waals surface area (Å²) in [5.41, 5.74) is 1.54. The highest BCUT2D eigenvalue weighted by molar-refractivity contribution is 5.57. The van der Waals surface area contributed by atoms with Crippen molar-refractivity contribution >= 4 is 5.69 Å². The molecule has 21 heavy (non-hydrogen) atoms. The van der Waals surface area contributed by atoms with Crippen LogP contribution in [0.5, 0.6) is 0 Å². The van der Waals surface area contributed by atoms with E-state index in [1.807, 2.05) is 6.07 Å². The monoisotopic (exact) mass is 295 g/mol. The molecule has 0 amide bonds. The minimum Gasteiger partial charge on any atom is -0.389 e. The number of anilines is 1. The molecular formula is C17H26FNO2. The molecule has 1 aromatic carbocycles. The largest absolute Gasteiger partial charge is 0.389 e. The second-order valence-corrected chi connectivity index (χ2v) is 7.31. The number of morpholine rings is 1. The average molecular weight is 295 g/mol. The molecule has 1 N–H and O–H groups in total. The van der Waals surface area contributed by atoms with Gasteiger partial charge in [0.05, 0.1) is 17.3 Å². The summed E-state index contributed by atoms with van der Waals surface area (Å²) in [7, 11) is 0. The third kappa shape index (κ3) is 3.55. The number of aliphatic hydroxyl groups is 1. The summed E-state index contributed by atoms with van der Waals surface area (Å²) < 4.78 is 19.9. The first-order valence-corrected chi connectivity index (χ1v) is 7.44. The fourth-order valence-corrected chi connectivity index (χ4v) is 3.25. The van der Waals surface area contributed by atoms with Gasteiger partial charge in [0, 0.05) is 24.3 Å². The molecule has 1 atom stereocenters. The first-order chi connectivity index (χ1) is 9.51. The highest BCUT2D eigenvalue weighted by atomic mass is 19.1. The molecule has 0 spiro atoms. The van der Waals surface area contributed by atoms with Crippen molar-refractivity contribution in [3.63, 3.8) is 0 Å². The Morgan fingerprint density at radius 3 is 2.19 bits per heavy atom. The van der Waals surface area contributed by atoms with Crippen LogP contribution in [-0.4, -0.2) is 29.4 Å². The van der Waals surface area contributed by atoms with Crippen LogP contribution < -0.4 is 4.90 Å². The Balaban J connectivity index is 2.47. The lowest BCUT2D eigenvalue weighted by Crippen LogP contribution is -2.57. The number of halogens is 1. The summed E-state index contributed by atoms with van der Waals surface area (Å²) in [4.78, 5) is 2.19. The summed E-state index contributed by atoms with van der Waals surface area (Å²) in [6.45, 7) is 13.1. The lowest BCUT2D eigenvalue weighted by molar-refractivity contribution is -0.133. The summed E-state index contributed by atoms with van der Waals surface area (Å²) in [5, 5.41) is 9.99. The van der Waals surface area contributed by atoms with Gasteiger partial charge >= 0.3 is 0 Å². The molecule has 1 aromatic rings. The molecule has 0 saturated carbocycles. The van der Waals surface area contributed by atoms with E-state index in [1.165, 1.54) is 6.07 Å². The Morgan fingerprint density at radius 1 is 1.19 bits per heavy atom. The SMILES string of the molecule is Cc1cc(N2CC(C)(C)OC(C)(C)C2)c(C(C)O)cc1F. The molecule has 1 heterocycles. The molecule has 0 aromatic heterocycles. The van der Waals surface area contributed by atoms with Crippen LogP contribution in [-0.2, 0) is 4.74 Å². The smallest absolute Gasteiger partial charge is 0.126 e. The zero-order chi connectivity index (χ0) is 16.0. The van der Waals surface area contributed by atoms with Gasteiger partial charge in [-0.1, -0.05) is 0 Å². The Morgan fingerprint density at radius 2 is 1.71 bits per heavy atom. The molecule has 118 valence electrons. The molecule has 0 bridgehead atoms. The van der Waals surface area contributed by atoms with Crippen molar-refractivity contribution in [2.24, 2.45) is 0 Å². The van der Waals surface area contributed by atoms with E-state index < -0.39 is 6.10 Å². The van der Waals surface area contributed by atoms with Crippen LogP contribution in [0, 0.1) is 12.7 Å². The Bertz CT molecular complexity index is 522. The fourth-order valence-electron chi connectivity index (χ4n) is 3.25. The van der Waals surface area contributed by atoms with E-state index in [0.717, 1.165) is 5.69 Å². The van der Waals surface area contributed by atoms with E-state index in [4.69, 9.17) is 4.74 Å². The van der Waals surface area contributed by atoms with Crippen LogP contribution in [0.1, 0.15) is 51.8 Å². The lowest BCUT2D eigenvalue weighted by Gasteiger charge is -2.48. The first kappa shape index (κ1) is 16.2. The van der Waals surface area contributed by atoms with Crippen LogP contribution in [0.2, 0.25) is 0 Å². The van der Waals surface area contributed by atoms with E-state index in [9.17, 15) is 9.50 Å². The van der Waals surface area contributed by atoms with Crippen LogP contribution in [0.4, 0.5) is 10.1 Å². The highest BCUT2D eigenvalue weighted by Gasteiger charge is 2.39. The number of aliphatic hydroxyl groups excluding tert-OH is 1. The molecule has 1 fully saturated rings. The predicted octanol–water partition coefficient (Wildman–Crippen LogP) is 3.58. The van der Waals surface area contributed by atoms with Gasteiger partial charge in [0.15, 0.2) is 0 Å². The second kappa shape index (κ2) is 5.25. The molecule has 1 aliphatic rings. The molecule has 0 aliphatic carbocycles. The minimum atomic E-state index is -0.704. The van der Waals surface area contributed by atoms with Crippen molar-refractivity contribution in [1.29, 1.82) is 0 Å². The summed E-state index contributed by atoms with van der Waals surface area (Å²) in [5.74, 6) is -0.276. The van der Waals surface area contributed by atoms with Crippen molar-refractivity contribution in [3.05, 3.63) is 29.1 Å². The van der Waals surface area contributed by atoms with Crippen molar-refractivity contribution in [2.75, 3.05) is 18.0 Å². The van der Waals surface area contributed by atoms with Gasteiger partial charge in [-0.2, -0.15) is 0 Å². The maximum absolute atomic E-state index is 13.8. The maximum Gasteiger partial charge on any atom is 0.126 e. The van der Waals surface area contributed by atoms with Crippen LogP contribution in [0.25, 0.3) is 0 Å². The van der Waals surface area contributed by atoms with Gasteiger partial charge in [-0.15, -0.1) is 0 Å². The Hall–Kier alpha value is -1.13. The quantitative estimate of drug-likeness (QED) is 0.905. The van der Waals surface area contributed by atoms with E-state index in [1.54, 1.807) is 13.8 Å². The molecule has 0 radical (unpaired) electrons. The van der Waals surface area contributed by atoms with Gasteiger partial charge < -0.3 is 14.7 Å². The molecule has 3 nitrogen and oxygen atoms in total. The topological polar surface area (TPSA) is 32.7 Å². The standard InChI is InChI=1S/C17H26FNO2/c1-11-7-15(13(12(2)20)8-14(11)18)19-9-16(3,4)21-17(5,6)10-19/h7-8,12,20H,9-10H2,1-6H3. The zero-order valence-electron chi connectivity index (χ0n) is 13.8. The molecule has 2 rings (SSSR count). The third-order valence-electron chi connectivity index (χ3n) is 3.79. The van der Waals surface area contributed by atoms with E-state index in [-0.39, 0.29) is 17.0 Å². The summed E-state index contributed by atoms with van der Waals surface area (Å²) >= 11 is 0. The summed E-state index contributed by atoms with van der Waals surface area (Å²) in [6, 6.07) is 3.28.